The molecule has 0 aliphatic heterocycles. The molecular weight excluding hydrogens is 278 g/mol. The van der Waals surface area contributed by atoms with Gasteiger partial charge in [-0.15, -0.1) is 0 Å². The largest absolute Gasteiger partial charge is 0.324 e. The highest BCUT2D eigenvalue weighted by atomic mass is 79.9. The molecule has 1 aromatic heterocycles. The molecule has 1 aromatic rings. The summed E-state index contributed by atoms with van der Waals surface area (Å²) in [5.74, 6) is 0.448. The summed E-state index contributed by atoms with van der Waals surface area (Å²) in [6, 6.07) is 1.61. The molecule has 15 heavy (non-hydrogen) atoms. The van der Waals surface area contributed by atoms with Crippen LogP contribution in [0.3, 0.4) is 0 Å². The zero-order valence-electron chi connectivity index (χ0n) is 8.57. The molecule has 0 aliphatic rings. The third-order valence-electron chi connectivity index (χ3n) is 2.03. The number of thiophene rings is 1. The van der Waals surface area contributed by atoms with Gasteiger partial charge >= 0.3 is 5.00 Å². The first kappa shape index (κ1) is 12.4. The minimum Gasteiger partial charge on any atom is -0.258 e. The van der Waals surface area contributed by atoms with E-state index < -0.39 is 0 Å². The lowest BCUT2D eigenvalue weighted by Crippen LogP contribution is -1.94. The SMILES string of the molecule is CC(C)C(=Cc1csc([N+](=O)[O-])c1)CBr. The van der Waals surface area contributed by atoms with E-state index in [1.807, 2.05) is 11.5 Å². The predicted molar refractivity (Wildman–Crippen MR) is 67.6 cm³/mol. The first-order chi connectivity index (χ1) is 7.04. The van der Waals surface area contributed by atoms with Crippen molar-refractivity contribution in [2.24, 2.45) is 5.92 Å². The van der Waals surface area contributed by atoms with E-state index in [-0.39, 0.29) is 9.92 Å². The van der Waals surface area contributed by atoms with Crippen molar-refractivity contribution in [1.82, 2.24) is 0 Å². The average Bonchev–Trinajstić information content (AvgIpc) is 2.61. The van der Waals surface area contributed by atoms with Gasteiger partial charge in [0.25, 0.3) is 0 Å². The highest BCUT2D eigenvalue weighted by molar-refractivity contribution is 9.09. The van der Waals surface area contributed by atoms with Crippen LogP contribution in [0.2, 0.25) is 0 Å². The van der Waals surface area contributed by atoms with E-state index in [1.165, 1.54) is 5.57 Å². The summed E-state index contributed by atoms with van der Waals surface area (Å²) in [5.41, 5.74) is 2.15. The number of rotatable bonds is 4. The maximum Gasteiger partial charge on any atom is 0.324 e. The number of hydrogen-bond donors (Lipinski definition) is 0. The number of allylic oxidation sites excluding steroid dienone is 1. The smallest absolute Gasteiger partial charge is 0.258 e. The number of nitrogens with zero attached hydrogens (tertiary/aromatic N) is 1. The van der Waals surface area contributed by atoms with Crippen LogP contribution in [-0.4, -0.2) is 10.3 Å². The van der Waals surface area contributed by atoms with E-state index in [0.29, 0.717) is 5.92 Å². The Morgan fingerprint density at radius 2 is 2.40 bits per heavy atom. The molecule has 0 unspecified atom stereocenters. The van der Waals surface area contributed by atoms with Crippen LogP contribution in [0.15, 0.2) is 17.0 Å². The Morgan fingerprint density at radius 1 is 1.73 bits per heavy atom. The molecule has 0 aliphatic carbocycles. The number of halogens is 1. The molecule has 0 radical (unpaired) electrons. The molecule has 0 bridgehead atoms. The standard InChI is InChI=1S/C10H12BrNO2S/c1-7(2)9(5-11)3-8-4-10(12(13)14)15-6-8/h3-4,6-7H,5H2,1-2H3. The van der Waals surface area contributed by atoms with Crippen molar-refractivity contribution in [3.05, 3.63) is 32.7 Å². The van der Waals surface area contributed by atoms with Gasteiger partial charge < -0.3 is 0 Å². The molecule has 0 saturated carbocycles. The van der Waals surface area contributed by atoms with Gasteiger partial charge in [0, 0.05) is 16.8 Å². The van der Waals surface area contributed by atoms with Crippen LogP contribution in [0.25, 0.3) is 6.08 Å². The van der Waals surface area contributed by atoms with Crippen molar-refractivity contribution in [2.45, 2.75) is 13.8 Å². The lowest BCUT2D eigenvalue weighted by atomic mass is 10.0. The van der Waals surface area contributed by atoms with E-state index >= 15 is 0 Å². The van der Waals surface area contributed by atoms with Gasteiger partial charge in [-0.05, 0) is 11.5 Å². The molecule has 0 N–H and O–H groups in total. The first-order valence-electron chi connectivity index (χ1n) is 4.54. The normalized spacial score (nSPS) is 12.1. The second kappa shape index (κ2) is 5.42. The monoisotopic (exact) mass is 289 g/mol. The van der Waals surface area contributed by atoms with Crippen LogP contribution in [0.4, 0.5) is 5.00 Å². The molecule has 0 aromatic carbocycles. The van der Waals surface area contributed by atoms with Crippen LogP contribution < -0.4 is 0 Å². The molecule has 82 valence electrons. The Labute approximate surface area is 101 Å². The van der Waals surface area contributed by atoms with E-state index in [1.54, 1.807) is 6.07 Å². The van der Waals surface area contributed by atoms with E-state index in [2.05, 4.69) is 29.8 Å². The molecule has 1 heterocycles. The van der Waals surface area contributed by atoms with Gasteiger partial charge in [-0.3, -0.25) is 10.1 Å². The van der Waals surface area contributed by atoms with Gasteiger partial charge in [0.1, 0.15) is 0 Å². The highest BCUT2D eigenvalue weighted by Crippen LogP contribution is 2.25. The molecular formula is C10H12BrNO2S. The summed E-state index contributed by atoms with van der Waals surface area (Å²) < 4.78 is 0. The Kier molecular flexibility index (Phi) is 4.47. The summed E-state index contributed by atoms with van der Waals surface area (Å²) in [5, 5.41) is 13.3. The van der Waals surface area contributed by atoms with Crippen LogP contribution in [0, 0.1) is 16.0 Å². The fourth-order valence-electron chi connectivity index (χ4n) is 1.08. The second-order valence-electron chi connectivity index (χ2n) is 3.48. The molecule has 0 amide bonds. The van der Waals surface area contributed by atoms with Gasteiger partial charge in [-0.25, -0.2) is 0 Å². The quantitative estimate of drug-likeness (QED) is 0.476. The van der Waals surface area contributed by atoms with Gasteiger partial charge in [-0.1, -0.05) is 52.8 Å². The number of alkyl halides is 1. The molecule has 5 heteroatoms. The van der Waals surface area contributed by atoms with Crippen LogP contribution in [0.1, 0.15) is 19.4 Å². The van der Waals surface area contributed by atoms with Crippen LogP contribution >= 0.6 is 27.3 Å². The molecule has 1 rings (SSSR count). The third kappa shape index (κ3) is 3.43. The summed E-state index contributed by atoms with van der Waals surface area (Å²) in [7, 11) is 0. The zero-order valence-corrected chi connectivity index (χ0v) is 11.0. The summed E-state index contributed by atoms with van der Waals surface area (Å²) in [6.07, 6.45) is 2.00. The Morgan fingerprint density at radius 3 is 2.80 bits per heavy atom. The average molecular weight is 290 g/mol. The molecule has 0 saturated heterocycles. The van der Waals surface area contributed by atoms with E-state index in [9.17, 15) is 10.1 Å². The van der Waals surface area contributed by atoms with Crippen LogP contribution in [0.5, 0.6) is 0 Å². The lowest BCUT2D eigenvalue weighted by Gasteiger charge is -2.06. The third-order valence-corrected chi connectivity index (χ3v) is 3.58. The van der Waals surface area contributed by atoms with Crippen molar-refractivity contribution in [1.29, 1.82) is 0 Å². The minimum atomic E-state index is -0.356. The Hall–Kier alpha value is -0.680. The minimum absolute atomic E-state index is 0.193. The number of hydrogen-bond acceptors (Lipinski definition) is 3. The van der Waals surface area contributed by atoms with Gasteiger partial charge in [0.15, 0.2) is 0 Å². The highest BCUT2D eigenvalue weighted by Gasteiger charge is 2.09. The van der Waals surface area contributed by atoms with Crippen molar-refractivity contribution in [3.8, 4) is 0 Å². The Balaban J connectivity index is 2.92. The van der Waals surface area contributed by atoms with Crippen molar-refractivity contribution in [2.75, 3.05) is 5.33 Å². The molecule has 0 fully saturated rings. The molecule has 0 atom stereocenters. The topological polar surface area (TPSA) is 43.1 Å². The van der Waals surface area contributed by atoms with Crippen LogP contribution in [-0.2, 0) is 0 Å². The van der Waals surface area contributed by atoms with E-state index in [0.717, 1.165) is 22.2 Å². The van der Waals surface area contributed by atoms with Gasteiger partial charge in [0.05, 0.1) is 4.92 Å². The van der Waals surface area contributed by atoms with Gasteiger partial charge in [-0.2, -0.15) is 0 Å². The fraction of sp³-hybridized carbons (Fsp3) is 0.400. The first-order valence-corrected chi connectivity index (χ1v) is 6.54. The number of nitro groups is 1. The zero-order chi connectivity index (χ0) is 11.4. The summed E-state index contributed by atoms with van der Waals surface area (Å²) in [6.45, 7) is 4.21. The lowest BCUT2D eigenvalue weighted by molar-refractivity contribution is -0.380. The predicted octanol–water partition coefficient (Wildman–Crippen LogP) is 4.09. The summed E-state index contributed by atoms with van der Waals surface area (Å²) >= 11 is 4.57. The van der Waals surface area contributed by atoms with E-state index in [4.69, 9.17) is 0 Å². The van der Waals surface area contributed by atoms with Crippen molar-refractivity contribution in [3.63, 3.8) is 0 Å². The Bertz CT molecular complexity index is 385. The fourth-order valence-corrected chi connectivity index (χ4v) is 2.58. The maximum atomic E-state index is 10.5. The summed E-state index contributed by atoms with van der Waals surface area (Å²) in [4.78, 5) is 10.1. The molecule has 3 nitrogen and oxygen atoms in total. The maximum absolute atomic E-state index is 10.5. The van der Waals surface area contributed by atoms with Gasteiger partial charge in [0.2, 0.25) is 0 Å². The second-order valence-corrected chi connectivity index (χ2v) is 4.93. The van der Waals surface area contributed by atoms with Crippen molar-refractivity contribution >= 4 is 38.3 Å². The molecule has 0 spiro atoms. The van der Waals surface area contributed by atoms with Crippen molar-refractivity contribution < 1.29 is 4.92 Å².